The average Bonchev–Trinajstić information content (AvgIpc) is 2.14. The molecule has 0 amide bonds. The van der Waals surface area contributed by atoms with Gasteiger partial charge in [-0.15, -0.1) is 0 Å². The highest BCUT2D eigenvalue weighted by molar-refractivity contribution is 9.09. The summed E-state index contributed by atoms with van der Waals surface area (Å²) in [5.74, 6) is 5.85. The molecule has 2 heteroatoms. The number of aldehydes is 1. The van der Waals surface area contributed by atoms with Gasteiger partial charge in [-0.1, -0.05) is 27.8 Å². The van der Waals surface area contributed by atoms with E-state index in [1.54, 1.807) is 6.07 Å². The number of rotatable bonds is 1. The topological polar surface area (TPSA) is 17.1 Å². The Kier molecular flexibility index (Phi) is 3.72. The monoisotopic (exact) mass is 236 g/mol. The van der Waals surface area contributed by atoms with Gasteiger partial charge in [0.2, 0.25) is 0 Å². The fraction of sp³-hybridized carbons (Fsp3) is 0.182. The molecule has 13 heavy (non-hydrogen) atoms. The van der Waals surface area contributed by atoms with E-state index in [9.17, 15) is 4.79 Å². The highest BCUT2D eigenvalue weighted by atomic mass is 79.9. The minimum atomic E-state index is 0.650. The number of halogens is 1. The zero-order valence-electron chi connectivity index (χ0n) is 7.30. The molecule has 0 unspecified atom stereocenters. The third kappa shape index (κ3) is 3.04. The Morgan fingerprint density at radius 1 is 1.46 bits per heavy atom. The standard InChI is InChI=1S/C11H9BrO/c1-9-5-10(3-2-4-12)7-11(6-9)8-13/h5-8H,4H2,1H3. The minimum absolute atomic E-state index is 0.650. The molecule has 0 spiro atoms. The molecule has 0 bridgehead atoms. The molecular formula is C11H9BrO. The van der Waals surface area contributed by atoms with E-state index in [2.05, 4.69) is 27.8 Å². The summed E-state index contributed by atoms with van der Waals surface area (Å²) >= 11 is 3.22. The van der Waals surface area contributed by atoms with Gasteiger partial charge in [0.05, 0.1) is 5.33 Å². The number of hydrogen-bond acceptors (Lipinski definition) is 1. The van der Waals surface area contributed by atoms with Crippen LogP contribution in [0.4, 0.5) is 0 Å². The molecule has 0 saturated heterocycles. The largest absolute Gasteiger partial charge is 0.298 e. The first-order chi connectivity index (χ1) is 6.26. The molecule has 0 aromatic heterocycles. The first kappa shape index (κ1) is 10.0. The van der Waals surface area contributed by atoms with E-state index in [0.717, 1.165) is 17.4 Å². The normalized spacial score (nSPS) is 8.77. The van der Waals surface area contributed by atoms with Crippen LogP contribution < -0.4 is 0 Å². The molecule has 66 valence electrons. The number of alkyl halides is 1. The number of carbonyl (C=O) groups excluding carboxylic acids is 1. The van der Waals surface area contributed by atoms with Crippen LogP contribution in [0.1, 0.15) is 21.5 Å². The minimum Gasteiger partial charge on any atom is -0.298 e. The maximum Gasteiger partial charge on any atom is 0.150 e. The molecule has 0 radical (unpaired) electrons. The van der Waals surface area contributed by atoms with Gasteiger partial charge in [-0.3, -0.25) is 4.79 Å². The molecular weight excluding hydrogens is 228 g/mol. The third-order valence-corrected chi connectivity index (χ3v) is 1.82. The van der Waals surface area contributed by atoms with E-state index in [1.165, 1.54) is 0 Å². The van der Waals surface area contributed by atoms with Gasteiger partial charge in [0.15, 0.2) is 0 Å². The Hall–Kier alpha value is -1.07. The highest BCUT2D eigenvalue weighted by Crippen LogP contribution is 2.06. The molecule has 0 heterocycles. The predicted octanol–water partition coefficient (Wildman–Crippen LogP) is 2.55. The van der Waals surface area contributed by atoms with Gasteiger partial charge in [0.25, 0.3) is 0 Å². The first-order valence-corrected chi connectivity index (χ1v) is 5.00. The Morgan fingerprint density at radius 3 is 2.85 bits per heavy atom. The van der Waals surface area contributed by atoms with Crippen molar-refractivity contribution in [2.45, 2.75) is 6.92 Å². The lowest BCUT2D eigenvalue weighted by atomic mass is 10.1. The predicted molar refractivity (Wildman–Crippen MR) is 57.2 cm³/mol. The molecule has 0 aliphatic heterocycles. The van der Waals surface area contributed by atoms with Crippen molar-refractivity contribution in [3.63, 3.8) is 0 Å². The third-order valence-electron chi connectivity index (χ3n) is 1.54. The van der Waals surface area contributed by atoms with Crippen molar-refractivity contribution in [1.29, 1.82) is 0 Å². The second kappa shape index (κ2) is 4.84. The second-order valence-electron chi connectivity index (χ2n) is 2.69. The van der Waals surface area contributed by atoms with E-state index in [4.69, 9.17) is 0 Å². The van der Waals surface area contributed by atoms with Crippen molar-refractivity contribution >= 4 is 22.2 Å². The lowest BCUT2D eigenvalue weighted by molar-refractivity contribution is 0.112. The van der Waals surface area contributed by atoms with E-state index in [-0.39, 0.29) is 0 Å². The number of hydrogen-bond donors (Lipinski definition) is 0. The number of aryl methyl sites for hydroxylation is 1. The molecule has 0 atom stereocenters. The fourth-order valence-electron chi connectivity index (χ4n) is 1.09. The lowest BCUT2D eigenvalue weighted by Gasteiger charge is -1.96. The summed E-state index contributed by atoms with van der Waals surface area (Å²) in [5, 5.41) is 0.650. The van der Waals surface area contributed by atoms with Gasteiger partial charge in [-0.05, 0) is 30.7 Å². The summed E-state index contributed by atoms with van der Waals surface area (Å²) in [6.07, 6.45) is 0.840. The van der Waals surface area contributed by atoms with Crippen LogP contribution in [-0.2, 0) is 0 Å². The molecule has 0 aliphatic carbocycles. The van der Waals surface area contributed by atoms with Crippen molar-refractivity contribution in [3.8, 4) is 11.8 Å². The van der Waals surface area contributed by atoms with Crippen LogP contribution in [0, 0.1) is 18.8 Å². The summed E-state index contributed by atoms with van der Waals surface area (Å²) in [5.41, 5.74) is 2.63. The first-order valence-electron chi connectivity index (χ1n) is 3.88. The van der Waals surface area contributed by atoms with Crippen LogP contribution in [0.3, 0.4) is 0 Å². The van der Waals surface area contributed by atoms with Crippen molar-refractivity contribution in [2.75, 3.05) is 5.33 Å². The Balaban J connectivity index is 3.08. The molecule has 0 N–H and O–H groups in total. The molecule has 0 saturated carbocycles. The summed E-state index contributed by atoms with van der Waals surface area (Å²) in [7, 11) is 0. The van der Waals surface area contributed by atoms with Gasteiger partial charge in [-0.2, -0.15) is 0 Å². The van der Waals surface area contributed by atoms with Gasteiger partial charge in [-0.25, -0.2) is 0 Å². The number of carbonyl (C=O) groups is 1. The van der Waals surface area contributed by atoms with Crippen LogP contribution in [0.25, 0.3) is 0 Å². The summed E-state index contributed by atoms with van der Waals surface area (Å²) in [4.78, 5) is 10.5. The van der Waals surface area contributed by atoms with E-state index in [1.807, 2.05) is 19.1 Å². The van der Waals surface area contributed by atoms with Gasteiger partial charge >= 0.3 is 0 Å². The lowest BCUT2D eigenvalue weighted by Crippen LogP contribution is -1.85. The Labute approximate surface area is 86.3 Å². The van der Waals surface area contributed by atoms with Crippen molar-refractivity contribution in [3.05, 3.63) is 34.9 Å². The van der Waals surface area contributed by atoms with Crippen LogP contribution in [0.5, 0.6) is 0 Å². The van der Waals surface area contributed by atoms with Gasteiger partial charge in [0, 0.05) is 11.1 Å². The van der Waals surface area contributed by atoms with Crippen molar-refractivity contribution in [2.24, 2.45) is 0 Å². The molecule has 1 aromatic rings. The smallest absolute Gasteiger partial charge is 0.150 e. The second-order valence-corrected chi connectivity index (χ2v) is 3.25. The summed E-state index contributed by atoms with van der Waals surface area (Å²) in [6, 6.07) is 5.59. The average molecular weight is 237 g/mol. The van der Waals surface area contributed by atoms with Crippen LogP contribution in [-0.4, -0.2) is 11.6 Å². The summed E-state index contributed by atoms with van der Waals surface area (Å²) < 4.78 is 0. The quantitative estimate of drug-likeness (QED) is 0.416. The van der Waals surface area contributed by atoms with Crippen LogP contribution in [0.2, 0.25) is 0 Å². The Morgan fingerprint density at radius 2 is 2.23 bits per heavy atom. The molecule has 0 aliphatic rings. The van der Waals surface area contributed by atoms with Gasteiger partial charge in [0.1, 0.15) is 6.29 Å². The maximum atomic E-state index is 10.5. The molecule has 1 rings (SSSR count). The van der Waals surface area contributed by atoms with Crippen LogP contribution in [0.15, 0.2) is 18.2 Å². The van der Waals surface area contributed by atoms with Crippen molar-refractivity contribution in [1.82, 2.24) is 0 Å². The molecule has 0 fully saturated rings. The van der Waals surface area contributed by atoms with E-state index >= 15 is 0 Å². The van der Waals surface area contributed by atoms with E-state index < -0.39 is 0 Å². The van der Waals surface area contributed by atoms with Crippen molar-refractivity contribution < 1.29 is 4.79 Å². The maximum absolute atomic E-state index is 10.5. The van der Waals surface area contributed by atoms with Gasteiger partial charge < -0.3 is 0 Å². The SMILES string of the molecule is Cc1cc(C#CCBr)cc(C=O)c1. The summed E-state index contributed by atoms with van der Waals surface area (Å²) in [6.45, 7) is 1.95. The molecule has 1 nitrogen and oxygen atoms in total. The fourth-order valence-corrected chi connectivity index (χ4v) is 1.23. The zero-order chi connectivity index (χ0) is 9.68. The number of benzene rings is 1. The molecule has 1 aromatic carbocycles. The Bertz CT molecular complexity index is 371. The zero-order valence-corrected chi connectivity index (χ0v) is 8.89. The highest BCUT2D eigenvalue weighted by Gasteiger charge is 1.94. The van der Waals surface area contributed by atoms with E-state index in [0.29, 0.717) is 10.9 Å². The van der Waals surface area contributed by atoms with Crippen LogP contribution >= 0.6 is 15.9 Å².